The van der Waals surface area contributed by atoms with Crippen LogP contribution in [-0.2, 0) is 12.2 Å². The van der Waals surface area contributed by atoms with Crippen molar-refractivity contribution < 1.29 is 14.3 Å². The van der Waals surface area contributed by atoms with Crippen LogP contribution in [-0.4, -0.2) is 30.4 Å². The Morgan fingerprint density at radius 3 is 2.72 bits per heavy atom. The van der Waals surface area contributed by atoms with Crippen molar-refractivity contribution in [3.05, 3.63) is 64.3 Å². The molecule has 0 bridgehead atoms. The lowest BCUT2D eigenvalue weighted by Crippen LogP contribution is -2.28. The predicted octanol–water partition coefficient (Wildman–Crippen LogP) is 4.84. The van der Waals surface area contributed by atoms with Crippen LogP contribution in [0.25, 0.3) is 5.00 Å². The Labute approximate surface area is 179 Å². The first-order valence-electron chi connectivity index (χ1n) is 9.50. The van der Waals surface area contributed by atoms with Crippen LogP contribution >= 0.6 is 23.1 Å². The van der Waals surface area contributed by atoms with E-state index in [2.05, 4.69) is 5.32 Å². The minimum Gasteiger partial charge on any atom is -0.497 e. The van der Waals surface area contributed by atoms with Crippen LogP contribution in [0.1, 0.15) is 39.3 Å². The molecule has 0 fully saturated rings. The number of amides is 1. The highest BCUT2D eigenvalue weighted by atomic mass is 32.2. The van der Waals surface area contributed by atoms with Crippen LogP contribution in [0.15, 0.2) is 42.7 Å². The molecule has 1 atom stereocenters. The van der Waals surface area contributed by atoms with E-state index in [-0.39, 0.29) is 11.9 Å². The zero-order valence-corrected chi connectivity index (χ0v) is 18.4. The van der Waals surface area contributed by atoms with E-state index in [9.17, 15) is 4.79 Å². The number of benzene rings is 1. The average molecular weight is 429 g/mol. The van der Waals surface area contributed by atoms with E-state index in [1.54, 1.807) is 25.6 Å². The Morgan fingerprint density at radius 2 is 2.00 bits per heavy atom. The molecule has 152 valence electrons. The number of fused-ring (bicyclic) bond motifs is 1. The third-order valence-corrected chi connectivity index (χ3v) is 7.53. The van der Waals surface area contributed by atoms with Crippen molar-refractivity contribution in [2.24, 2.45) is 0 Å². The Hall–Kier alpha value is -2.38. The van der Waals surface area contributed by atoms with Gasteiger partial charge in [0.1, 0.15) is 16.5 Å². The molecule has 1 aliphatic heterocycles. The summed E-state index contributed by atoms with van der Waals surface area (Å²) in [6.07, 6.45) is 4.92. The number of carbonyl (C=O) groups excluding carboxylic acids is 1. The fourth-order valence-electron chi connectivity index (χ4n) is 3.63. The average Bonchev–Trinajstić information content (AvgIpc) is 3.40. The second-order valence-electron chi connectivity index (χ2n) is 6.88. The number of thioether (sulfide) groups is 1. The molecule has 1 amide bonds. The van der Waals surface area contributed by atoms with Gasteiger partial charge in [-0.3, -0.25) is 4.79 Å². The van der Waals surface area contributed by atoms with Gasteiger partial charge in [0, 0.05) is 28.6 Å². The van der Waals surface area contributed by atoms with E-state index >= 15 is 0 Å². The first-order chi connectivity index (χ1) is 14.1. The molecule has 0 aliphatic carbocycles. The molecule has 0 spiro atoms. The molecule has 3 heterocycles. The molecule has 2 aromatic heterocycles. The van der Waals surface area contributed by atoms with E-state index in [0.29, 0.717) is 0 Å². The smallest absolute Gasteiger partial charge is 0.255 e. The second kappa shape index (κ2) is 8.55. The second-order valence-corrected chi connectivity index (χ2v) is 9.07. The third kappa shape index (κ3) is 3.89. The number of thiophene rings is 1. The molecular formula is C22H24N2O3S2. The molecule has 5 nitrogen and oxygen atoms in total. The van der Waals surface area contributed by atoms with Crippen LogP contribution in [0.2, 0.25) is 0 Å². The number of hydrogen-bond donors (Lipinski definition) is 1. The molecule has 0 saturated heterocycles. The minimum absolute atomic E-state index is 0.0459. The van der Waals surface area contributed by atoms with E-state index < -0.39 is 0 Å². The molecule has 3 aromatic rings. The van der Waals surface area contributed by atoms with Gasteiger partial charge >= 0.3 is 0 Å². The zero-order chi connectivity index (χ0) is 20.4. The highest BCUT2D eigenvalue weighted by Gasteiger charge is 2.27. The maximum absolute atomic E-state index is 13.4. The summed E-state index contributed by atoms with van der Waals surface area (Å²) in [6, 6.07) is 9.38. The molecule has 4 rings (SSSR count). The maximum Gasteiger partial charge on any atom is 0.255 e. The van der Waals surface area contributed by atoms with Gasteiger partial charge in [-0.15, -0.1) is 11.3 Å². The quantitative estimate of drug-likeness (QED) is 0.611. The molecule has 0 radical (unpaired) electrons. The molecule has 1 unspecified atom stereocenters. The summed E-state index contributed by atoms with van der Waals surface area (Å²) in [7, 11) is 3.27. The van der Waals surface area contributed by atoms with Crippen molar-refractivity contribution in [1.29, 1.82) is 0 Å². The largest absolute Gasteiger partial charge is 0.497 e. The van der Waals surface area contributed by atoms with E-state index in [1.165, 1.54) is 10.4 Å². The van der Waals surface area contributed by atoms with Crippen molar-refractivity contribution in [2.45, 2.75) is 25.1 Å². The number of rotatable bonds is 6. The van der Waals surface area contributed by atoms with E-state index in [4.69, 9.17) is 9.47 Å². The molecule has 1 aromatic carbocycles. The van der Waals surface area contributed by atoms with Crippen molar-refractivity contribution in [1.82, 2.24) is 9.88 Å². The predicted molar refractivity (Wildman–Crippen MR) is 119 cm³/mol. The van der Waals surface area contributed by atoms with Gasteiger partial charge in [-0.25, -0.2) is 0 Å². The lowest BCUT2D eigenvalue weighted by molar-refractivity contribution is 0.0939. The zero-order valence-electron chi connectivity index (χ0n) is 16.7. The van der Waals surface area contributed by atoms with Crippen LogP contribution in [0.4, 0.5) is 0 Å². The highest BCUT2D eigenvalue weighted by molar-refractivity contribution is 7.98. The molecule has 0 saturated carbocycles. The van der Waals surface area contributed by atoms with Gasteiger partial charge in [-0.2, -0.15) is 11.8 Å². The van der Waals surface area contributed by atoms with Gasteiger partial charge in [0.25, 0.3) is 5.91 Å². The van der Waals surface area contributed by atoms with Crippen molar-refractivity contribution in [3.63, 3.8) is 0 Å². The lowest BCUT2D eigenvalue weighted by atomic mass is 10.0. The number of nitrogens with zero attached hydrogens (tertiary/aromatic N) is 1. The normalized spacial score (nSPS) is 14.2. The van der Waals surface area contributed by atoms with Gasteiger partial charge < -0.3 is 19.4 Å². The van der Waals surface area contributed by atoms with Gasteiger partial charge in [0.15, 0.2) is 0 Å². The number of carbonyl (C=O) groups is 1. The van der Waals surface area contributed by atoms with Gasteiger partial charge in [0.2, 0.25) is 0 Å². The summed E-state index contributed by atoms with van der Waals surface area (Å²) in [4.78, 5) is 14.7. The standard InChI is InChI=1S/C22H24N2O3S2/c1-14(17-12-15(26-2)6-7-18(17)27-3)23-21(25)20-16-8-11-28-13-19(16)29-22(20)24-9-4-5-10-24/h4-7,9-10,12,14H,8,11,13H2,1-3H3,(H,23,25). The maximum atomic E-state index is 13.4. The SMILES string of the molecule is COc1ccc(OC)c(C(C)NC(=O)c2c(-n3cccc3)sc3c2CCSC3)c1. The number of nitrogens with one attached hydrogen (secondary N) is 1. The van der Waals surface area contributed by atoms with E-state index in [0.717, 1.165) is 45.6 Å². The highest BCUT2D eigenvalue weighted by Crippen LogP contribution is 2.39. The number of hydrogen-bond acceptors (Lipinski definition) is 5. The van der Waals surface area contributed by atoms with Gasteiger partial charge in [-0.05, 0) is 55.0 Å². The lowest BCUT2D eigenvalue weighted by Gasteiger charge is -2.19. The van der Waals surface area contributed by atoms with Gasteiger partial charge in [0.05, 0.1) is 25.8 Å². The van der Waals surface area contributed by atoms with Crippen LogP contribution in [0.5, 0.6) is 11.5 Å². The Balaban J connectivity index is 1.68. The summed E-state index contributed by atoms with van der Waals surface area (Å²) < 4.78 is 12.9. The molecule has 1 N–H and O–H groups in total. The summed E-state index contributed by atoms with van der Waals surface area (Å²) in [5.74, 6) is 3.44. The summed E-state index contributed by atoms with van der Waals surface area (Å²) >= 11 is 3.65. The first kappa shape index (κ1) is 19.9. The molecule has 7 heteroatoms. The fourth-order valence-corrected chi connectivity index (χ4v) is 6.07. The fraction of sp³-hybridized carbons (Fsp3) is 0.318. The van der Waals surface area contributed by atoms with Crippen molar-refractivity contribution in [3.8, 4) is 16.5 Å². The van der Waals surface area contributed by atoms with Crippen molar-refractivity contribution >= 4 is 29.0 Å². The van der Waals surface area contributed by atoms with Crippen LogP contribution in [0.3, 0.4) is 0 Å². The minimum atomic E-state index is -0.224. The number of methoxy groups -OCH3 is 2. The Morgan fingerprint density at radius 1 is 1.21 bits per heavy atom. The Bertz CT molecular complexity index is 1010. The topological polar surface area (TPSA) is 52.5 Å². The Kier molecular flexibility index (Phi) is 5.87. The molecular weight excluding hydrogens is 404 g/mol. The summed E-state index contributed by atoms with van der Waals surface area (Å²) in [6.45, 7) is 1.97. The first-order valence-corrected chi connectivity index (χ1v) is 11.5. The summed E-state index contributed by atoms with van der Waals surface area (Å²) in [5, 5.41) is 4.18. The monoisotopic (exact) mass is 428 g/mol. The number of aromatic nitrogens is 1. The molecule has 1 aliphatic rings. The van der Waals surface area contributed by atoms with Crippen molar-refractivity contribution in [2.75, 3.05) is 20.0 Å². The van der Waals surface area contributed by atoms with E-state index in [1.807, 2.05) is 66.0 Å². The van der Waals surface area contributed by atoms with Crippen LogP contribution in [0, 0.1) is 0 Å². The summed E-state index contributed by atoms with van der Waals surface area (Å²) in [5.41, 5.74) is 2.89. The van der Waals surface area contributed by atoms with Crippen LogP contribution < -0.4 is 14.8 Å². The number of ether oxygens (including phenoxy) is 2. The van der Waals surface area contributed by atoms with Gasteiger partial charge in [-0.1, -0.05) is 0 Å². The third-order valence-electron chi connectivity index (χ3n) is 5.12. The molecule has 29 heavy (non-hydrogen) atoms.